The molecule has 0 spiro atoms. The fourth-order valence-corrected chi connectivity index (χ4v) is 10.1. The highest BCUT2D eigenvalue weighted by atomic mass is 16.6. The van der Waals surface area contributed by atoms with Crippen molar-refractivity contribution in [1.82, 2.24) is 55.6 Å². The first kappa shape index (κ1) is 69.2. The molecule has 0 aliphatic carbocycles. The van der Waals surface area contributed by atoms with Crippen molar-refractivity contribution in [1.29, 1.82) is 0 Å². The van der Waals surface area contributed by atoms with Gasteiger partial charge in [0.05, 0.1) is 6.10 Å². The van der Waals surface area contributed by atoms with Crippen LogP contribution in [-0.4, -0.2) is 221 Å². The second-order valence-electron chi connectivity index (χ2n) is 24.2. The fraction of sp³-hybridized carbons (Fsp3) is 0.800. The van der Waals surface area contributed by atoms with Crippen LogP contribution in [0.25, 0.3) is 0 Å². The van der Waals surface area contributed by atoms with Crippen molar-refractivity contribution in [3.8, 4) is 0 Å². The first-order valence-electron chi connectivity index (χ1n) is 27.8. The second-order valence-corrected chi connectivity index (χ2v) is 24.2. The van der Waals surface area contributed by atoms with E-state index >= 15 is 4.79 Å². The molecule has 0 bridgehead atoms. The first-order chi connectivity index (χ1) is 36.3. The fourth-order valence-electron chi connectivity index (χ4n) is 10.1. The van der Waals surface area contributed by atoms with Crippen LogP contribution in [0.5, 0.6) is 0 Å². The number of aliphatic hydroxyl groups excluding tert-OH is 1. The summed E-state index contributed by atoms with van der Waals surface area (Å²) in [6, 6.07) is -13.7. The smallest absolute Gasteiger partial charge is 0.331 e. The number of likely N-dealkylation sites (N-methyl/N-ethyl adjacent to an activating group) is 6. The second kappa shape index (κ2) is 29.5. The van der Waals surface area contributed by atoms with E-state index < -0.39 is 156 Å². The van der Waals surface area contributed by atoms with Crippen molar-refractivity contribution < 1.29 is 62.6 Å². The lowest BCUT2D eigenvalue weighted by Crippen LogP contribution is -2.64. The lowest BCUT2D eigenvalue weighted by Gasteiger charge is -2.41. The van der Waals surface area contributed by atoms with E-state index in [1.807, 2.05) is 41.5 Å². The van der Waals surface area contributed by atoms with Crippen molar-refractivity contribution in [3.63, 3.8) is 0 Å². The Morgan fingerprint density at radius 3 is 1.34 bits per heavy atom. The molecule has 5 N–H and O–H groups in total. The van der Waals surface area contributed by atoms with Gasteiger partial charge in [-0.25, -0.2) is 14.5 Å². The highest BCUT2D eigenvalue weighted by Crippen LogP contribution is 2.31. The molecule has 13 amide bonds. The van der Waals surface area contributed by atoms with Crippen molar-refractivity contribution in [2.45, 2.75) is 196 Å². The van der Waals surface area contributed by atoms with E-state index in [-0.39, 0.29) is 43.4 Å². The molecule has 2 heterocycles. The lowest BCUT2D eigenvalue weighted by molar-refractivity contribution is -0.160. The van der Waals surface area contributed by atoms with Crippen molar-refractivity contribution in [2.24, 2.45) is 41.4 Å². The number of carbonyl (C=O) groups excluding carboxylic acids is 11. The molecule has 0 aromatic rings. The predicted octanol–water partition coefficient (Wildman–Crippen LogP) is 2.07. The highest BCUT2D eigenvalue weighted by Gasteiger charge is 2.48. The van der Waals surface area contributed by atoms with E-state index in [1.165, 1.54) is 70.8 Å². The average Bonchev–Trinajstić information content (AvgIpc) is 3.69. The zero-order chi connectivity index (χ0) is 61.1. The van der Waals surface area contributed by atoms with E-state index in [2.05, 4.69) is 21.3 Å². The average molecular weight is 1120 g/mol. The number of carbonyl (C=O) groups is 11. The van der Waals surface area contributed by atoms with Gasteiger partial charge in [0.25, 0.3) is 0 Å². The molecular formula is C55H97N11O13. The van der Waals surface area contributed by atoms with Crippen LogP contribution >= 0.6 is 0 Å². The number of hydrogen-bond donors (Lipinski definition) is 5. The SMILES string of the molecule is CC(C)C[C@@H]1C(=O)N(C)[C@H](C(C)C)C(=O)N(C)[C@@H]([C@@H]2OC(O)C[C@H]2C)C(=O)N[C@H](C(C)C)C(=O)N(C)[C@H](C)C(=O)N(C)[C@@H](CC(C)C)C(=O)N[C@@H](C(C)C)C(=O)N(C)[C@@H](CC(C)C)C(=O)N[C@@H](C)C(=O)NC(=O)N(C)C(=O)N1C. The third kappa shape index (κ3) is 17.5. The maximum absolute atomic E-state index is 15.0. The Labute approximate surface area is 469 Å². The van der Waals surface area contributed by atoms with E-state index in [1.54, 1.807) is 48.5 Å². The Morgan fingerprint density at radius 2 is 0.911 bits per heavy atom. The van der Waals surface area contributed by atoms with Crippen molar-refractivity contribution in [2.75, 3.05) is 49.3 Å². The maximum atomic E-state index is 15.0. The van der Waals surface area contributed by atoms with Gasteiger partial charge in [-0.1, -0.05) is 90.0 Å². The minimum Gasteiger partial charge on any atom is -0.368 e. The van der Waals surface area contributed by atoms with Gasteiger partial charge in [-0.2, -0.15) is 0 Å². The number of hydrogen-bond acceptors (Lipinski definition) is 13. The molecule has 1 unspecified atom stereocenters. The van der Waals surface area contributed by atoms with Crippen molar-refractivity contribution in [3.05, 3.63) is 0 Å². The summed E-state index contributed by atoms with van der Waals surface area (Å²) < 4.78 is 5.90. The van der Waals surface area contributed by atoms with Crippen LogP contribution in [0.15, 0.2) is 0 Å². The normalized spacial score (nSPS) is 29.7. The topological polar surface area (TPSA) is 288 Å². The summed E-state index contributed by atoms with van der Waals surface area (Å²) in [6.07, 6.45) is -1.97. The summed E-state index contributed by atoms with van der Waals surface area (Å²) in [4.78, 5) is 166. The van der Waals surface area contributed by atoms with Gasteiger partial charge in [0, 0.05) is 55.8 Å². The summed E-state index contributed by atoms with van der Waals surface area (Å²) in [5.41, 5.74) is 0. The van der Waals surface area contributed by atoms with Crippen LogP contribution in [0.4, 0.5) is 9.59 Å². The molecule has 0 aromatic carbocycles. The minimum absolute atomic E-state index is 0.0604. The van der Waals surface area contributed by atoms with Crippen LogP contribution in [0.1, 0.15) is 130 Å². The molecular weight excluding hydrogens is 1020 g/mol. The van der Waals surface area contributed by atoms with Gasteiger partial charge in [0.2, 0.25) is 53.2 Å². The van der Waals surface area contributed by atoms with Crippen LogP contribution in [0, 0.1) is 41.4 Å². The lowest BCUT2D eigenvalue weighted by atomic mass is 9.92. The first-order valence-corrected chi connectivity index (χ1v) is 27.8. The number of nitrogens with zero attached hydrogens (tertiary/aromatic N) is 7. The van der Waals surface area contributed by atoms with Gasteiger partial charge in [0.15, 0.2) is 6.29 Å². The Hall–Kier alpha value is -5.91. The number of rotatable bonds is 10. The molecule has 450 valence electrons. The predicted molar refractivity (Wildman–Crippen MR) is 296 cm³/mol. The summed E-state index contributed by atoms with van der Waals surface area (Å²) in [5.74, 6) is -9.39. The van der Waals surface area contributed by atoms with Crippen LogP contribution in [0.3, 0.4) is 0 Å². The van der Waals surface area contributed by atoms with Gasteiger partial charge in [-0.05, 0) is 74.5 Å². The standard InChI is InChI=1S/C55H97N11O13/c1-27(2)23-36-46(69)56-34(14)45(68)59-54(77)66(22)55(78)63(19)38(25-29(5)6)50(73)64(20)42(32(11)12)53(76)65(21)43(44-33(13)26-39(67)79-44)48(71)58-40(30(7)8)51(74)60(16)35(15)49(72)61(17)37(24-28(3)4)47(70)57-41(31(9)10)52(75)62(36)18/h27-44,67H,23-26H2,1-22H3,(H,56,69)(H,57,70)(H,58,71)(H,59,68,77)/t33-,34+,35-,36+,37+,38-,39?,40-,41+,42-,43+,44-/m1/s1. The van der Waals surface area contributed by atoms with Crippen LogP contribution in [-0.2, 0) is 47.9 Å². The van der Waals surface area contributed by atoms with E-state index in [9.17, 15) is 53.1 Å². The maximum Gasteiger partial charge on any atom is 0.331 e. The quantitative estimate of drug-likeness (QED) is 0.210. The zero-order valence-corrected chi connectivity index (χ0v) is 51.2. The molecule has 2 aliphatic heterocycles. The number of imide groups is 2. The number of aliphatic hydroxyl groups is 1. The van der Waals surface area contributed by atoms with Gasteiger partial charge in [0.1, 0.15) is 54.4 Å². The Bertz CT molecular complexity index is 2210. The molecule has 2 fully saturated rings. The van der Waals surface area contributed by atoms with Gasteiger partial charge < -0.3 is 55.2 Å². The molecule has 24 nitrogen and oxygen atoms in total. The number of amides is 13. The summed E-state index contributed by atoms with van der Waals surface area (Å²) >= 11 is 0. The van der Waals surface area contributed by atoms with Crippen molar-refractivity contribution >= 4 is 65.2 Å². The zero-order valence-electron chi connectivity index (χ0n) is 51.2. The summed E-state index contributed by atoms with van der Waals surface area (Å²) in [5, 5.41) is 21.1. The Balaban J connectivity index is 2.94. The molecule has 0 aromatic heterocycles. The molecule has 2 saturated heterocycles. The molecule has 2 rings (SSSR count). The van der Waals surface area contributed by atoms with Crippen LogP contribution < -0.4 is 21.3 Å². The van der Waals surface area contributed by atoms with E-state index in [0.717, 1.165) is 21.7 Å². The summed E-state index contributed by atoms with van der Waals surface area (Å²) in [7, 11) is 9.35. The molecule has 2 aliphatic rings. The molecule has 12 atom stereocenters. The van der Waals surface area contributed by atoms with Gasteiger partial charge in [-0.3, -0.25) is 48.5 Å². The summed E-state index contributed by atoms with van der Waals surface area (Å²) in [6.45, 7) is 25.7. The minimum atomic E-state index is -1.49. The molecule has 79 heavy (non-hydrogen) atoms. The largest absolute Gasteiger partial charge is 0.368 e. The third-order valence-electron chi connectivity index (χ3n) is 15.1. The monoisotopic (exact) mass is 1120 g/mol. The number of urea groups is 2. The number of ether oxygens (including phenoxy) is 1. The number of nitrogens with one attached hydrogen (secondary N) is 4. The van der Waals surface area contributed by atoms with Gasteiger partial charge >= 0.3 is 12.1 Å². The highest BCUT2D eigenvalue weighted by molar-refractivity contribution is 6.05. The van der Waals surface area contributed by atoms with E-state index in [4.69, 9.17) is 4.74 Å². The van der Waals surface area contributed by atoms with Crippen LogP contribution in [0.2, 0.25) is 0 Å². The van der Waals surface area contributed by atoms with E-state index in [0.29, 0.717) is 4.90 Å². The molecule has 0 saturated carbocycles. The Morgan fingerprint density at radius 1 is 0.481 bits per heavy atom. The van der Waals surface area contributed by atoms with Gasteiger partial charge in [-0.15, -0.1) is 0 Å². The molecule has 0 radical (unpaired) electrons. The third-order valence-corrected chi connectivity index (χ3v) is 15.1. The molecule has 24 heteroatoms. The Kier molecular flexibility index (Phi) is 25.9.